The summed E-state index contributed by atoms with van der Waals surface area (Å²) in [7, 11) is 0. The van der Waals surface area contributed by atoms with E-state index in [9.17, 15) is 0 Å². The van der Waals surface area contributed by atoms with Crippen LogP contribution < -0.4 is 10.6 Å². The topological polar surface area (TPSA) is 62.7 Å². The average Bonchev–Trinajstić information content (AvgIpc) is 2.60. The van der Waals surface area contributed by atoms with Crippen molar-refractivity contribution in [2.45, 2.75) is 32.1 Å². The Labute approximate surface area is 151 Å². The van der Waals surface area contributed by atoms with Gasteiger partial charge in [0.05, 0.1) is 16.2 Å². The highest BCUT2D eigenvalue weighted by Gasteiger charge is 2.05. The van der Waals surface area contributed by atoms with Gasteiger partial charge in [-0.05, 0) is 50.3 Å². The van der Waals surface area contributed by atoms with Gasteiger partial charge in [-0.25, -0.2) is 0 Å². The number of rotatable bonds is 6. The lowest BCUT2D eigenvalue weighted by Gasteiger charge is -2.13. The molecule has 0 saturated carbocycles. The minimum absolute atomic E-state index is 0.489. The summed E-state index contributed by atoms with van der Waals surface area (Å²) in [5, 5.41) is 15.4. The normalized spacial score (nSPS) is 14.2. The number of hydrogen-bond acceptors (Lipinski definition) is 5. The van der Waals surface area contributed by atoms with E-state index in [4.69, 9.17) is 23.2 Å². The van der Waals surface area contributed by atoms with Gasteiger partial charge in [0, 0.05) is 12.2 Å². The van der Waals surface area contributed by atoms with Gasteiger partial charge in [-0.15, -0.1) is 5.10 Å². The largest absolute Gasteiger partial charge is 0.353 e. The molecule has 126 valence electrons. The highest BCUT2D eigenvalue weighted by molar-refractivity contribution is 6.42. The van der Waals surface area contributed by atoms with Gasteiger partial charge in [-0.1, -0.05) is 34.9 Å². The fourth-order valence-electron chi connectivity index (χ4n) is 2.63. The maximum Gasteiger partial charge on any atom is 0.244 e. The van der Waals surface area contributed by atoms with Gasteiger partial charge in [0.15, 0.2) is 5.82 Å². The van der Waals surface area contributed by atoms with Crippen molar-refractivity contribution in [3.05, 3.63) is 46.1 Å². The summed E-state index contributed by atoms with van der Waals surface area (Å²) >= 11 is 11.9. The zero-order valence-electron chi connectivity index (χ0n) is 13.2. The lowest BCUT2D eigenvalue weighted by molar-refractivity contribution is 0.679. The Morgan fingerprint density at radius 1 is 1.12 bits per heavy atom. The molecular weight excluding hydrogens is 345 g/mol. The molecule has 1 aromatic carbocycles. The number of hydrogen-bond donors (Lipinski definition) is 2. The molecule has 0 saturated heterocycles. The van der Waals surface area contributed by atoms with Crippen LogP contribution >= 0.6 is 23.2 Å². The third-order valence-electron chi connectivity index (χ3n) is 3.87. The van der Waals surface area contributed by atoms with Crippen molar-refractivity contribution in [3.8, 4) is 0 Å². The lowest BCUT2D eigenvalue weighted by atomic mass is 9.97. The average molecular weight is 364 g/mol. The van der Waals surface area contributed by atoms with Gasteiger partial charge < -0.3 is 10.6 Å². The molecule has 5 nitrogen and oxygen atoms in total. The molecule has 1 aliphatic carbocycles. The zero-order chi connectivity index (χ0) is 16.8. The van der Waals surface area contributed by atoms with E-state index >= 15 is 0 Å². The predicted molar refractivity (Wildman–Crippen MR) is 99.2 cm³/mol. The number of nitrogens with one attached hydrogen (secondary N) is 2. The van der Waals surface area contributed by atoms with Gasteiger partial charge in [0.25, 0.3) is 0 Å². The minimum atomic E-state index is 0.489. The van der Waals surface area contributed by atoms with E-state index in [1.54, 1.807) is 18.3 Å². The molecule has 24 heavy (non-hydrogen) atoms. The van der Waals surface area contributed by atoms with Crippen molar-refractivity contribution in [2.24, 2.45) is 0 Å². The Balaban J connectivity index is 1.57. The van der Waals surface area contributed by atoms with Crippen molar-refractivity contribution in [3.63, 3.8) is 0 Å². The molecule has 3 rings (SSSR count). The second-order valence-electron chi connectivity index (χ2n) is 5.70. The third kappa shape index (κ3) is 4.82. The fraction of sp³-hybridized carbons (Fsp3) is 0.353. The Morgan fingerprint density at radius 2 is 2.04 bits per heavy atom. The number of aromatic nitrogens is 3. The van der Waals surface area contributed by atoms with Crippen LogP contribution in [0.2, 0.25) is 10.0 Å². The Hall–Kier alpha value is -1.85. The van der Waals surface area contributed by atoms with Crippen molar-refractivity contribution < 1.29 is 0 Å². The SMILES string of the molecule is Clc1ccc(Nc2cnnc(NCCC3=CCCCC3)n2)cc1Cl. The summed E-state index contributed by atoms with van der Waals surface area (Å²) in [5.41, 5.74) is 2.31. The molecule has 0 fully saturated rings. The van der Waals surface area contributed by atoms with Crippen molar-refractivity contribution in [1.82, 2.24) is 15.2 Å². The monoisotopic (exact) mass is 363 g/mol. The molecule has 0 radical (unpaired) electrons. The summed E-state index contributed by atoms with van der Waals surface area (Å²) in [6.07, 6.45) is 9.97. The van der Waals surface area contributed by atoms with E-state index in [0.717, 1.165) is 18.7 Å². The molecule has 0 amide bonds. The molecular formula is C17H19Cl2N5. The molecule has 2 N–H and O–H groups in total. The summed E-state index contributed by atoms with van der Waals surface area (Å²) < 4.78 is 0. The number of halogens is 2. The molecule has 0 bridgehead atoms. The molecule has 0 aliphatic heterocycles. The van der Waals surface area contributed by atoms with Crippen LogP contribution in [0.1, 0.15) is 32.1 Å². The Kier molecular flexibility index (Phi) is 5.88. The van der Waals surface area contributed by atoms with Crippen LogP contribution in [0.25, 0.3) is 0 Å². The number of nitrogens with zero attached hydrogens (tertiary/aromatic N) is 3. The molecule has 0 spiro atoms. The maximum atomic E-state index is 6.02. The first-order chi connectivity index (χ1) is 11.7. The summed E-state index contributed by atoms with van der Waals surface area (Å²) in [6, 6.07) is 5.31. The Morgan fingerprint density at radius 3 is 2.83 bits per heavy atom. The van der Waals surface area contributed by atoms with Crippen LogP contribution in [0.15, 0.2) is 36.0 Å². The van der Waals surface area contributed by atoms with E-state index in [-0.39, 0.29) is 0 Å². The van der Waals surface area contributed by atoms with E-state index in [1.165, 1.54) is 31.3 Å². The van der Waals surface area contributed by atoms with Crippen LogP contribution in [-0.2, 0) is 0 Å². The van der Waals surface area contributed by atoms with Gasteiger partial charge in [0.2, 0.25) is 5.95 Å². The molecule has 0 atom stereocenters. The molecule has 2 aromatic rings. The van der Waals surface area contributed by atoms with E-state index in [2.05, 4.69) is 31.9 Å². The first kappa shape index (κ1) is 17.0. The first-order valence-corrected chi connectivity index (χ1v) is 8.80. The van der Waals surface area contributed by atoms with Crippen molar-refractivity contribution in [2.75, 3.05) is 17.2 Å². The van der Waals surface area contributed by atoms with Crippen LogP contribution in [0.3, 0.4) is 0 Å². The van der Waals surface area contributed by atoms with Crippen molar-refractivity contribution in [1.29, 1.82) is 0 Å². The van der Waals surface area contributed by atoms with Crippen LogP contribution in [0, 0.1) is 0 Å². The second-order valence-corrected chi connectivity index (χ2v) is 6.52. The van der Waals surface area contributed by atoms with Crippen LogP contribution in [0.4, 0.5) is 17.5 Å². The summed E-state index contributed by atoms with van der Waals surface area (Å²) in [4.78, 5) is 4.41. The lowest BCUT2D eigenvalue weighted by Crippen LogP contribution is -2.09. The molecule has 0 unspecified atom stereocenters. The summed E-state index contributed by atoms with van der Waals surface area (Å²) in [5.74, 6) is 1.11. The summed E-state index contributed by atoms with van der Waals surface area (Å²) in [6.45, 7) is 0.809. The minimum Gasteiger partial charge on any atom is -0.353 e. The maximum absolute atomic E-state index is 6.02. The quantitative estimate of drug-likeness (QED) is 0.688. The molecule has 7 heteroatoms. The zero-order valence-corrected chi connectivity index (χ0v) is 14.7. The number of benzene rings is 1. The smallest absolute Gasteiger partial charge is 0.244 e. The van der Waals surface area contributed by atoms with Gasteiger partial charge in [0.1, 0.15) is 0 Å². The van der Waals surface area contributed by atoms with Gasteiger partial charge in [-0.3, -0.25) is 0 Å². The van der Waals surface area contributed by atoms with E-state index in [0.29, 0.717) is 21.8 Å². The predicted octanol–water partition coefficient (Wildman–Crippen LogP) is 5.22. The first-order valence-electron chi connectivity index (χ1n) is 8.04. The highest BCUT2D eigenvalue weighted by atomic mass is 35.5. The van der Waals surface area contributed by atoms with E-state index < -0.39 is 0 Å². The second kappa shape index (κ2) is 8.31. The van der Waals surface area contributed by atoms with Gasteiger partial charge in [-0.2, -0.15) is 10.1 Å². The number of allylic oxidation sites excluding steroid dienone is 1. The third-order valence-corrected chi connectivity index (χ3v) is 4.60. The Bertz CT molecular complexity index is 733. The number of anilines is 3. The van der Waals surface area contributed by atoms with Crippen LogP contribution in [0.5, 0.6) is 0 Å². The highest BCUT2D eigenvalue weighted by Crippen LogP contribution is 2.26. The molecule has 1 heterocycles. The molecule has 1 aromatic heterocycles. The van der Waals surface area contributed by atoms with Crippen LogP contribution in [-0.4, -0.2) is 21.7 Å². The molecule has 1 aliphatic rings. The van der Waals surface area contributed by atoms with E-state index in [1.807, 2.05) is 6.07 Å². The van der Waals surface area contributed by atoms with Gasteiger partial charge >= 0.3 is 0 Å². The standard InChI is InChI=1S/C17H19Cl2N5/c18-14-7-6-13(10-15(14)19)22-16-11-21-24-17(23-16)20-9-8-12-4-2-1-3-5-12/h4,6-7,10-11H,1-3,5,8-9H2,(H2,20,22,23,24). The fourth-order valence-corrected chi connectivity index (χ4v) is 2.93. The van der Waals surface area contributed by atoms with Crippen molar-refractivity contribution >= 4 is 40.7 Å².